The van der Waals surface area contributed by atoms with Crippen LogP contribution in [0.15, 0.2) is 35.5 Å². The van der Waals surface area contributed by atoms with Crippen LogP contribution >= 0.6 is 0 Å². The third-order valence-electron chi connectivity index (χ3n) is 3.29. The summed E-state index contributed by atoms with van der Waals surface area (Å²) in [6.07, 6.45) is 3.12. The number of isocyanates is 1. The van der Waals surface area contributed by atoms with Crippen molar-refractivity contribution in [1.82, 2.24) is 4.98 Å². The van der Waals surface area contributed by atoms with E-state index in [1.807, 2.05) is 27.7 Å². The fraction of sp³-hybridized carbons (Fsp3) is 0.333. The number of carbonyl (C=O) groups excluding carboxylic acids is 1. The van der Waals surface area contributed by atoms with Gasteiger partial charge in [-0.2, -0.15) is 4.99 Å². The molecular formula is C18H19FN2O2. The lowest BCUT2D eigenvalue weighted by molar-refractivity contribution is 0.233. The second kappa shape index (κ2) is 7.16. The van der Waals surface area contributed by atoms with E-state index < -0.39 is 0 Å². The predicted molar refractivity (Wildman–Crippen MR) is 87.3 cm³/mol. The maximum atomic E-state index is 14.0. The van der Waals surface area contributed by atoms with Crippen molar-refractivity contribution in [1.29, 1.82) is 0 Å². The third kappa shape index (κ3) is 4.02. The van der Waals surface area contributed by atoms with Gasteiger partial charge in [-0.25, -0.2) is 14.2 Å². The number of rotatable bonds is 5. The normalized spacial score (nSPS) is 10.7. The monoisotopic (exact) mass is 314 g/mol. The van der Waals surface area contributed by atoms with Gasteiger partial charge < -0.3 is 4.74 Å². The fourth-order valence-corrected chi connectivity index (χ4v) is 2.33. The number of hydrogen-bond donors (Lipinski definition) is 0. The molecule has 23 heavy (non-hydrogen) atoms. The van der Waals surface area contributed by atoms with Crippen LogP contribution in [0.2, 0.25) is 0 Å². The smallest absolute Gasteiger partial charge is 0.240 e. The second-order valence-electron chi connectivity index (χ2n) is 5.80. The SMILES string of the molecule is CC(C)Oc1cc(-c2cc(F)cc(C(C)C)c2N=C=O)ccn1. The number of ether oxygens (including phenoxy) is 1. The van der Waals surface area contributed by atoms with Crippen LogP contribution in [0, 0.1) is 5.82 Å². The molecule has 0 saturated carbocycles. The van der Waals surface area contributed by atoms with E-state index in [0.29, 0.717) is 28.3 Å². The van der Waals surface area contributed by atoms with Gasteiger partial charge in [-0.05, 0) is 49.1 Å². The molecule has 0 radical (unpaired) electrons. The predicted octanol–water partition coefficient (Wildman–Crippen LogP) is 4.77. The van der Waals surface area contributed by atoms with E-state index in [1.165, 1.54) is 12.1 Å². The molecule has 0 amide bonds. The minimum absolute atomic E-state index is 0.0183. The van der Waals surface area contributed by atoms with Crippen LogP contribution < -0.4 is 4.74 Å². The number of aliphatic imine (C=N–C) groups is 1. The molecule has 2 aromatic rings. The Morgan fingerprint density at radius 1 is 1.22 bits per heavy atom. The highest BCUT2D eigenvalue weighted by Crippen LogP contribution is 2.38. The number of benzene rings is 1. The van der Waals surface area contributed by atoms with Gasteiger partial charge in [-0.3, -0.25) is 0 Å². The largest absolute Gasteiger partial charge is 0.475 e. The van der Waals surface area contributed by atoms with Gasteiger partial charge >= 0.3 is 0 Å². The molecule has 0 unspecified atom stereocenters. The molecule has 1 aromatic carbocycles. The maximum absolute atomic E-state index is 14.0. The van der Waals surface area contributed by atoms with E-state index in [4.69, 9.17) is 4.74 Å². The van der Waals surface area contributed by atoms with Crippen molar-refractivity contribution in [3.8, 4) is 17.0 Å². The van der Waals surface area contributed by atoms with Crippen LogP contribution in [-0.2, 0) is 4.79 Å². The van der Waals surface area contributed by atoms with Crippen molar-refractivity contribution in [2.75, 3.05) is 0 Å². The van der Waals surface area contributed by atoms with E-state index in [-0.39, 0.29) is 17.8 Å². The lowest BCUT2D eigenvalue weighted by Crippen LogP contribution is -2.06. The van der Waals surface area contributed by atoms with E-state index in [2.05, 4.69) is 9.98 Å². The van der Waals surface area contributed by atoms with Crippen LogP contribution in [0.4, 0.5) is 10.1 Å². The molecule has 1 aromatic heterocycles. The summed E-state index contributed by atoms with van der Waals surface area (Å²) in [5.74, 6) is 0.0790. The van der Waals surface area contributed by atoms with Crippen LogP contribution in [0.25, 0.3) is 11.1 Å². The molecule has 0 saturated heterocycles. The minimum Gasteiger partial charge on any atom is -0.475 e. The Hall–Kier alpha value is -2.52. The Kier molecular flexibility index (Phi) is 5.24. The molecule has 0 fully saturated rings. The topological polar surface area (TPSA) is 51.5 Å². The quantitative estimate of drug-likeness (QED) is 0.590. The number of nitrogens with zero attached hydrogens (tertiary/aromatic N) is 2. The van der Waals surface area contributed by atoms with Crippen LogP contribution in [0.5, 0.6) is 5.88 Å². The lowest BCUT2D eigenvalue weighted by Gasteiger charge is -2.15. The molecule has 0 atom stereocenters. The fourth-order valence-electron chi connectivity index (χ4n) is 2.33. The van der Waals surface area contributed by atoms with E-state index in [0.717, 1.165) is 0 Å². The zero-order valence-corrected chi connectivity index (χ0v) is 13.6. The van der Waals surface area contributed by atoms with Crippen molar-refractivity contribution < 1.29 is 13.9 Å². The standard InChI is InChI=1S/C18H19FN2O2/c1-11(2)15-8-14(19)9-16(18(15)21-10-22)13-5-6-20-17(7-13)23-12(3)4/h5-9,11-12H,1-4H3. The Morgan fingerprint density at radius 3 is 2.57 bits per heavy atom. The van der Waals surface area contributed by atoms with E-state index in [9.17, 15) is 9.18 Å². The van der Waals surface area contributed by atoms with Crippen LogP contribution in [0.3, 0.4) is 0 Å². The maximum Gasteiger partial charge on any atom is 0.240 e. The van der Waals surface area contributed by atoms with Gasteiger partial charge in [0.05, 0.1) is 11.8 Å². The molecule has 5 heteroatoms. The van der Waals surface area contributed by atoms with Crippen LogP contribution in [0.1, 0.15) is 39.2 Å². The molecule has 0 aliphatic rings. The molecule has 4 nitrogen and oxygen atoms in total. The molecule has 0 aliphatic carbocycles. The average molecular weight is 314 g/mol. The van der Waals surface area contributed by atoms with Gasteiger partial charge in [-0.15, -0.1) is 0 Å². The summed E-state index contributed by atoms with van der Waals surface area (Å²) in [6, 6.07) is 6.20. The van der Waals surface area contributed by atoms with E-state index in [1.54, 1.807) is 24.4 Å². The molecule has 0 spiro atoms. The first kappa shape index (κ1) is 16.8. The highest BCUT2D eigenvalue weighted by atomic mass is 19.1. The average Bonchev–Trinajstić information content (AvgIpc) is 2.48. The number of hydrogen-bond acceptors (Lipinski definition) is 4. The van der Waals surface area contributed by atoms with Gasteiger partial charge in [0.25, 0.3) is 0 Å². The van der Waals surface area contributed by atoms with Crippen LogP contribution in [-0.4, -0.2) is 17.2 Å². The molecule has 0 bridgehead atoms. The summed E-state index contributed by atoms with van der Waals surface area (Å²) in [7, 11) is 0. The highest BCUT2D eigenvalue weighted by molar-refractivity contribution is 5.80. The summed E-state index contributed by atoms with van der Waals surface area (Å²) in [4.78, 5) is 18.7. The van der Waals surface area contributed by atoms with Gasteiger partial charge in [0.1, 0.15) is 5.82 Å². The number of aromatic nitrogens is 1. The first-order chi connectivity index (χ1) is 10.9. The Bertz CT molecular complexity index is 751. The van der Waals surface area contributed by atoms with E-state index >= 15 is 0 Å². The van der Waals surface area contributed by atoms with Crippen molar-refractivity contribution in [2.24, 2.45) is 4.99 Å². The van der Waals surface area contributed by atoms with Gasteiger partial charge in [-0.1, -0.05) is 13.8 Å². The third-order valence-corrected chi connectivity index (χ3v) is 3.29. The number of halogens is 1. The zero-order chi connectivity index (χ0) is 17.0. The lowest BCUT2D eigenvalue weighted by atomic mass is 9.94. The van der Waals surface area contributed by atoms with Gasteiger partial charge in [0.15, 0.2) is 0 Å². The first-order valence-corrected chi connectivity index (χ1v) is 7.46. The molecule has 1 heterocycles. The molecule has 120 valence electrons. The van der Waals surface area contributed by atoms with Crippen molar-refractivity contribution in [2.45, 2.75) is 39.7 Å². The molecular weight excluding hydrogens is 295 g/mol. The van der Waals surface area contributed by atoms with Gasteiger partial charge in [0, 0.05) is 17.8 Å². The Balaban J connectivity index is 2.64. The minimum atomic E-state index is -0.378. The summed E-state index contributed by atoms with van der Waals surface area (Å²) in [5, 5.41) is 0. The molecule has 0 aliphatic heterocycles. The van der Waals surface area contributed by atoms with Gasteiger partial charge in [0.2, 0.25) is 12.0 Å². The molecule has 2 rings (SSSR count). The Labute approximate surface area is 135 Å². The summed E-state index contributed by atoms with van der Waals surface area (Å²) in [5.41, 5.74) is 2.30. The van der Waals surface area contributed by atoms with Crippen molar-refractivity contribution in [3.63, 3.8) is 0 Å². The van der Waals surface area contributed by atoms with Crippen molar-refractivity contribution >= 4 is 11.8 Å². The Morgan fingerprint density at radius 2 is 1.96 bits per heavy atom. The zero-order valence-electron chi connectivity index (χ0n) is 13.6. The number of pyridine rings is 1. The summed E-state index contributed by atoms with van der Waals surface area (Å²) >= 11 is 0. The van der Waals surface area contributed by atoms with Crippen molar-refractivity contribution in [3.05, 3.63) is 41.8 Å². The highest BCUT2D eigenvalue weighted by Gasteiger charge is 2.16. The second-order valence-corrected chi connectivity index (χ2v) is 5.80. The first-order valence-electron chi connectivity index (χ1n) is 7.46. The summed E-state index contributed by atoms with van der Waals surface area (Å²) in [6.45, 7) is 7.63. The summed E-state index contributed by atoms with van der Waals surface area (Å²) < 4.78 is 19.6. The molecule has 0 N–H and O–H groups in total.